The van der Waals surface area contributed by atoms with Crippen LogP contribution in [0.1, 0.15) is 61.3 Å². The van der Waals surface area contributed by atoms with Crippen molar-refractivity contribution in [2.24, 2.45) is 11.8 Å². The molecule has 0 spiro atoms. The van der Waals surface area contributed by atoms with E-state index in [-0.39, 0.29) is 10.9 Å². The normalized spacial score (nSPS) is 14.7. The molecule has 1 amide bonds. The average Bonchev–Trinajstić information content (AvgIpc) is 3.69. The number of carbonyl (C=O) groups excluding carboxylic acids is 1. The van der Waals surface area contributed by atoms with Gasteiger partial charge in [-0.3, -0.25) is 4.79 Å². The summed E-state index contributed by atoms with van der Waals surface area (Å²) in [5, 5.41) is 3.68. The van der Waals surface area contributed by atoms with Gasteiger partial charge < -0.3 is 29.0 Å². The molecule has 0 aliphatic carbocycles. The summed E-state index contributed by atoms with van der Waals surface area (Å²) < 4.78 is 19.2. The van der Waals surface area contributed by atoms with Crippen molar-refractivity contribution >= 4 is 28.5 Å². The Morgan fingerprint density at radius 1 is 1.11 bits per heavy atom. The number of hydrogen-bond acceptors (Lipinski definition) is 6. The first-order valence-corrected chi connectivity index (χ1v) is 16.3. The molecule has 1 aliphatic rings. The average molecular weight is 633 g/mol. The Kier molecular flexibility index (Phi) is 11.2. The second kappa shape index (κ2) is 15.5. The first-order valence-electron chi connectivity index (χ1n) is 15.9. The van der Waals surface area contributed by atoms with E-state index >= 15 is 0 Å². The molecule has 0 saturated carbocycles. The van der Waals surface area contributed by atoms with Gasteiger partial charge in [-0.1, -0.05) is 49.7 Å². The molecule has 9 heteroatoms. The lowest BCUT2D eigenvalue weighted by Crippen LogP contribution is -2.33. The fraction of sp³-hybridized carbons (Fsp3) is 0.444. The van der Waals surface area contributed by atoms with Gasteiger partial charge in [0.15, 0.2) is 11.5 Å². The summed E-state index contributed by atoms with van der Waals surface area (Å²) in [6.07, 6.45) is 4.35. The molecule has 240 valence electrons. The standard InChI is InChI=1S/C36H45ClN4O4/c1-25(2)17-19-40(36(42)29-14-15-32(43-3)35(44-4)34(29)37)24-33-39-30-12-5-6-13-31(30)41(33)23-27-9-7-11-28(21-27)45-20-8-10-26-16-18-38-22-26/h5-7,9,11-15,21,25-26,38H,8,10,16-20,22-24H2,1-4H3. The number of para-hydroxylation sites is 2. The van der Waals surface area contributed by atoms with Gasteiger partial charge in [0.2, 0.25) is 0 Å². The van der Waals surface area contributed by atoms with Crippen molar-refractivity contribution in [3.63, 3.8) is 0 Å². The summed E-state index contributed by atoms with van der Waals surface area (Å²) in [6.45, 7) is 8.77. The van der Waals surface area contributed by atoms with E-state index in [0.29, 0.717) is 49.2 Å². The third-order valence-corrected chi connectivity index (χ3v) is 8.85. The van der Waals surface area contributed by atoms with Gasteiger partial charge in [0, 0.05) is 13.1 Å². The zero-order valence-corrected chi connectivity index (χ0v) is 27.6. The number of fused-ring (bicyclic) bond motifs is 1. The van der Waals surface area contributed by atoms with Crippen LogP contribution in [0.5, 0.6) is 17.2 Å². The summed E-state index contributed by atoms with van der Waals surface area (Å²) in [4.78, 5) is 20.9. The van der Waals surface area contributed by atoms with Crippen LogP contribution < -0.4 is 19.5 Å². The lowest BCUT2D eigenvalue weighted by atomic mass is 10.0. The minimum absolute atomic E-state index is 0.177. The largest absolute Gasteiger partial charge is 0.494 e. The minimum Gasteiger partial charge on any atom is -0.494 e. The highest BCUT2D eigenvalue weighted by Gasteiger charge is 2.25. The Bertz CT molecular complexity index is 1580. The molecule has 45 heavy (non-hydrogen) atoms. The molecule has 0 bridgehead atoms. The van der Waals surface area contributed by atoms with Crippen LogP contribution in [0.4, 0.5) is 0 Å². The van der Waals surface area contributed by atoms with E-state index in [9.17, 15) is 4.79 Å². The number of nitrogens with one attached hydrogen (secondary N) is 1. The third-order valence-electron chi connectivity index (χ3n) is 8.47. The predicted octanol–water partition coefficient (Wildman–Crippen LogP) is 7.21. The number of benzene rings is 3. The highest BCUT2D eigenvalue weighted by Crippen LogP contribution is 2.38. The monoisotopic (exact) mass is 632 g/mol. The van der Waals surface area contributed by atoms with Crippen LogP contribution in [-0.4, -0.2) is 60.8 Å². The molecule has 1 N–H and O–H groups in total. The highest BCUT2D eigenvalue weighted by atomic mass is 35.5. The van der Waals surface area contributed by atoms with Crippen LogP contribution in [0.25, 0.3) is 11.0 Å². The highest BCUT2D eigenvalue weighted by molar-refractivity contribution is 6.35. The maximum Gasteiger partial charge on any atom is 0.255 e. The number of ether oxygens (including phenoxy) is 3. The number of aromatic nitrogens is 2. The van der Waals surface area contributed by atoms with Crippen molar-refractivity contribution < 1.29 is 19.0 Å². The van der Waals surface area contributed by atoms with Crippen molar-refractivity contribution in [2.75, 3.05) is 40.5 Å². The fourth-order valence-electron chi connectivity index (χ4n) is 5.92. The molecule has 1 saturated heterocycles. The van der Waals surface area contributed by atoms with Crippen molar-refractivity contribution in [1.82, 2.24) is 19.8 Å². The molecular weight excluding hydrogens is 588 g/mol. The van der Waals surface area contributed by atoms with Gasteiger partial charge in [-0.25, -0.2) is 4.98 Å². The second-order valence-electron chi connectivity index (χ2n) is 12.2. The van der Waals surface area contributed by atoms with E-state index in [2.05, 4.69) is 41.9 Å². The number of hydrogen-bond donors (Lipinski definition) is 1. The van der Waals surface area contributed by atoms with Gasteiger partial charge in [-0.2, -0.15) is 0 Å². The van der Waals surface area contributed by atoms with Gasteiger partial charge in [0.25, 0.3) is 5.91 Å². The zero-order valence-electron chi connectivity index (χ0n) is 26.9. The van der Waals surface area contributed by atoms with Crippen LogP contribution in [0.3, 0.4) is 0 Å². The number of halogens is 1. The fourth-order valence-corrected chi connectivity index (χ4v) is 6.24. The lowest BCUT2D eigenvalue weighted by molar-refractivity contribution is 0.0729. The molecule has 1 unspecified atom stereocenters. The van der Waals surface area contributed by atoms with E-state index in [1.54, 1.807) is 19.2 Å². The third kappa shape index (κ3) is 8.10. The summed E-state index contributed by atoms with van der Waals surface area (Å²) in [7, 11) is 3.07. The Morgan fingerprint density at radius 2 is 1.96 bits per heavy atom. The van der Waals surface area contributed by atoms with Crippen LogP contribution in [0.2, 0.25) is 5.02 Å². The minimum atomic E-state index is -0.177. The molecule has 3 aromatic carbocycles. The quantitative estimate of drug-likeness (QED) is 0.140. The van der Waals surface area contributed by atoms with Crippen molar-refractivity contribution in [2.45, 2.75) is 52.6 Å². The number of amides is 1. The molecule has 1 aliphatic heterocycles. The van der Waals surface area contributed by atoms with Crippen molar-refractivity contribution in [1.29, 1.82) is 0 Å². The zero-order chi connectivity index (χ0) is 31.8. The predicted molar refractivity (Wildman–Crippen MR) is 180 cm³/mol. The Hall–Kier alpha value is -3.75. The van der Waals surface area contributed by atoms with E-state index in [1.165, 1.54) is 20.0 Å². The van der Waals surface area contributed by atoms with Crippen LogP contribution in [-0.2, 0) is 13.1 Å². The molecule has 0 radical (unpaired) electrons. The van der Waals surface area contributed by atoms with Gasteiger partial charge in [0.05, 0.1) is 49.0 Å². The van der Waals surface area contributed by atoms with E-state index in [1.807, 2.05) is 35.2 Å². The van der Waals surface area contributed by atoms with Crippen molar-refractivity contribution in [3.05, 3.63) is 82.6 Å². The maximum atomic E-state index is 14.1. The maximum absolute atomic E-state index is 14.1. The Labute approximate surface area is 271 Å². The van der Waals surface area contributed by atoms with Crippen LogP contribution in [0.15, 0.2) is 60.7 Å². The smallest absolute Gasteiger partial charge is 0.255 e. The second-order valence-corrected chi connectivity index (χ2v) is 12.5. The molecule has 1 fully saturated rings. The molecule has 8 nitrogen and oxygen atoms in total. The number of imidazole rings is 1. The van der Waals surface area contributed by atoms with Gasteiger partial charge in [-0.15, -0.1) is 0 Å². The van der Waals surface area contributed by atoms with Gasteiger partial charge >= 0.3 is 0 Å². The summed E-state index contributed by atoms with van der Waals surface area (Å²) >= 11 is 6.71. The van der Waals surface area contributed by atoms with Gasteiger partial charge in [-0.05, 0) is 92.6 Å². The van der Waals surface area contributed by atoms with E-state index in [4.69, 9.17) is 30.8 Å². The van der Waals surface area contributed by atoms with Crippen LogP contribution >= 0.6 is 11.6 Å². The number of nitrogens with zero attached hydrogens (tertiary/aromatic N) is 3. The molecular formula is C36H45ClN4O4. The van der Waals surface area contributed by atoms with Crippen molar-refractivity contribution in [3.8, 4) is 17.2 Å². The number of methoxy groups -OCH3 is 2. The van der Waals surface area contributed by atoms with Crippen LogP contribution in [0, 0.1) is 11.8 Å². The van der Waals surface area contributed by atoms with E-state index in [0.717, 1.165) is 60.0 Å². The summed E-state index contributed by atoms with van der Waals surface area (Å²) in [5.74, 6) is 3.51. The lowest BCUT2D eigenvalue weighted by Gasteiger charge is -2.25. The summed E-state index contributed by atoms with van der Waals surface area (Å²) in [5.41, 5.74) is 3.39. The topological polar surface area (TPSA) is 77.9 Å². The first-order chi connectivity index (χ1) is 21.9. The van der Waals surface area contributed by atoms with Gasteiger partial charge in [0.1, 0.15) is 11.6 Å². The number of carbonyl (C=O) groups is 1. The molecule has 4 aromatic rings. The summed E-state index contributed by atoms with van der Waals surface area (Å²) in [6, 6.07) is 19.8. The SMILES string of the molecule is COc1ccc(C(=O)N(CCC(C)C)Cc2nc3ccccc3n2Cc2cccc(OCCCC3CCNC3)c2)c(Cl)c1OC. The number of rotatable bonds is 15. The molecule has 5 rings (SSSR count). The molecule has 2 heterocycles. The van der Waals surface area contributed by atoms with E-state index < -0.39 is 0 Å². The molecule has 1 aromatic heterocycles. The Morgan fingerprint density at radius 3 is 2.71 bits per heavy atom. The Balaban J connectivity index is 1.39. The first kappa shape index (κ1) is 32.6. The molecule has 1 atom stereocenters.